The second-order valence-corrected chi connectivity index (χ2v) is 5.85. The van der Waals surface area contributed by atoms with Gasteiger partial charge in [0, 0.05) is 11.0 Å². The predicted octanol–water partition coefficient (Wildman–Crippen LogP) is 2.48. The lowest BCUT2D eigenvalue weighted by molar-refractivity contribution is -0.126. The van der Waals surface area contributed by atoms with E-state index in [1.807, 2.05) is 31.2 Å². The van der Waals surface area contributed by atoms with Crippen molar-refractivity contribution in [2.45, 2.75) is 19.9 Å². The maximum Gasteiger partial charge on any atom is 0.225 e. The molecular formula is C14H19BrN2O. The molecule has 0 saturated carbocycles. The Hall–Kier alpha value is -0.870. The number of amides is 1. The minimum absolute atomic E-state index is 0.0286. The Morgan fingerprint density at radius 2 is 2.17 bits per heavy atom. The Balaban J connectivity index is 2.01. The van der Waals surface area contributed by atoms with Gasteiger partial charge in [0.15, 0.2) is 0 Å². The minimum atomic E-state index is 0.0286. The van der Waals surface area contributed by atoms with Gasteiger partial charge in [0.05, 0.1) is 12.0 Å². The second kappa shape index (κ2) is 5.85. The average molecular weight is 311 g/mol. The van der Waals surface area contributed by atoms with E-state index < -0.39 is 0 Å². The van der Waals surface area contributed by atoms with E-state index in [1.54, 1.807) is 0 Å². The molecule has 0 bridgehead atoms. The molecular weight excluding hydrogens is 292 g/mol. The number of nitrogens with one attached hydrogen (secondary N) is 2. The first-order valence-corrected chi connectivity index (χ1v) is 7.14. The lowest BCUT2D eigenvalue weighted by Gasteiger charge is -2.20. The van der Waals surface area contributed by atoms with Crippen molar-refractivity contribution in [1.29, 1.82) is 0 Å². The molecule has 4 heteroatoms. The summed E-state index contributed by atoms with van der Waals surface area (Å²) in [5.41, 5.74) is 1.12. The Kier molecular flexibility index (Phi) is 4.40. The molecule has 1 fully saturated rings. The van der Waals surface area contributed by atoms with Gasteiger partial charge >= 0.3 is 0 Å². The van der Waals surface area contributed by atoms with Crippen LogP contribution < -0.4 is 10.6 Å². The van der Waals surface area contributed by atoms with E-state index in [0.29, 0.717) is 5.92 Å². The molecule has 1 aliphatic rings. The van der Waals surface area contributed by atoms with Gasteiger partial charge in [0.2, 0.25) is 5.91 Å². The van der Waals surface area contributed by atoms with E-state index in [0.717, 1.165) is 23.1 Å². The van der Waals surface area contributed by atoms with Crippen molar-refractivity contribution in [3.8, 4) is 0 Å². The van der Waals surface area contributed by atoms with Crippen LogP contribution in [-0.4, -0.2) is 19.0 Å². The molecule has 0 aromatic heterocycles. The molecule has 1 amide bonds. The highest BCUT2D eigenvalue weighted by molar-refractivity contribution is 9.10. The first-order valence-electron chi connectivity index (χ1n) is 6.35. The Morgan fingerprint density at radius 3 is 2.78 bits per heavy atom. The maximum atomic E-state index is 12.2. The molecule has 2 N–H and O–H groups in total. The summed E-state index contributed by atoms with van der Waals surface area (Å²) in [6.45, 7) is 5.86. The van der Waals surface area contributed by atoms with Gasteiger partial charge in [-0.25, -0.2) is 0 Å². The molecule has 1 aliphatic heterocycles. The molecule has 2 rings (SSSR count). The highest BCUT2D eigenvalue weighted by Gasteiger charge is 2.30. The monoisotopic (exact) mass is 310 g/mol. The Morgan fingerprint density at radius 1 is 1.44 bits per heavy atom. The van der Waals surface area contributed by atoms with Crippen molar-refractivity contribution in [2.24, 2.45) is 11.8 Å². The highest BCUT2D eigenvalue weighted by Crippen LogP contribution is 2.24. The number of rotatable bonds is 3. The molecule has 0 aliphatic carbocycles. The number of carbonyl (C=O) groups is 1. The molecule has 0 radical (unpaired) electrons. The zero-order valence-electron chi connectivity index (χ0n) is 10.7. The number of hydrogen-bond donors (Lipinski definition) is 2. The molecule has 3 atom stereocenters. The third-order valence-electron chi connectivity index (χ3n) is 3.58. The van der Waals surface area contributed by atoms with Gasteiger partial charge in [-0.3, -0.25) is 4.79 Å². The fraction of sp³-hybridized carbons (Fsp3) is 0.500. The SMILES string of the molecule is CC1CNCC1C(=O)N[C@@H](C)c1ccccc1Br. The largest absolute Gasteiger partial charge is 0.349 e. The summed E-state index contributed by atoms with van der Waals surface area (Å²) in [4.78, 5) is 12.2. The van der Waals surface area contributed by atoms with E-state index in [2.05, 4.69) is 33.5 Å². The van der Waals surface area contributed by atoms with Gasteiger partial charge in [-0.1, -0.05) is 41.1 Å². The summed E-state index contributed by atoms with van der Waals surface area (Å²) in [6, 6.07) is 8.03. The zero-order chi connectivity index (χ0) is 13.1. The van der Waals surface area contributed by atoms with Crippen molar-refractivity contribution in [2.75, 3.05) is 13.1 Å². The van der Waals surface area contributed by atoms with Crippen molar-refractivity contribution in [1.82, 2.24) is 10.6 Å². The second-order valence-electron chi connectivity index (χ2n) is 4.99. The van der Waals surface area contributed by atoms with E-state index >= 15 is 0 Å². The molecule has 0 spiro atoms. The number of halogens is 1. The van der Waals surface area contributed by atoms with Crippen LogP contribution in [0.3, 0.4) is 0 Å². The molecule has 98 valence electrons. The summed E-state index contributed by atoms with van der Waals surface area (Å²) in [6.07, 6.45) is 0. The summed E-state index contributed by atoms with van der Waals surface area (Å²) in [5.74, 6) is 0.655. The Labute approximate surface area is 116 Å². The van der Waals surface area contributed by atoms with E-state index in [4.69, 9.17) is 0 Å². The van der Waals surface area contributed by atoms with Crippen LogP contribution in [0.5, 0.6) is 0 Å². The summed E-state index contributed by atoms with van der Waals surface area (Å²) < 4.78 is 1.04. The molecule has 1 aromatic rings. The van der Waals surface area contributed by atoms with Gasteiger partial charge in [-0.2, -0.15) is 0 Å². The fourth-order valence-corrected chi connectivity index (χ4v) is 3.01. The highest BCUT2D eigenvalue weighted by atomic mass is 79.9. The van der Waals surface area contributed by atoms with Crippen molar-refractivity contribution >= 4 is 21.8 Å². The first-order chi connectivity index (χ1) is 8.59. The van der Waals surface area contributed by atoms with E-state index in [-0.39, 0.29) is 17.9 Å². The quantitative estimate of drug-likeness (QED) is 0.900. The Bertz CT molecular complexity index is 436. The van der Waals surface area contributed by atoms with Gasteiger partial charge in [0.25, 0.3) is 0 Å². The number of benzene rings is 1. The lowest BCUT2D eigenvalue weighted by atomic mass is 9.96. The molecule has 2 unspecified atom stereocenters. The topological polar surface area (TPSA) is 41.1 Å². The van der Waals surface area contributed by atoms with Crippen molar-refractivity contribution in [3.63, 3.8) is 0 Å². The number of hydrogen-bond acceptors (Lipinski definition) is 2. The van der Waals surface area contributed by atoms with E-state index in [9.17, 15) is 4.79 Å². The van der Waals surface area contributed by atoms with Crippen LogP contribution in [0.15, 0.2) is 28.7 Å². The molecule has 1 saturated heterocycles. The zero-order valence-corrected chi connectivity index (χ0v) is 12.3. The van der Waals surface area contributed by atoms with Crippen LogP contribution in [0.4, 0.5) is 0 Å². The van der Waals surface area contributed by atoms with Gasteiger partial charge < -0.3 is 10.6 Å². The van der Waals surface area contributed by atoms with Crippen LogP contribution in [0.2, 0.25) is 0 Å². The minimum Gasteiger partial charge on any atom is -0.349 e. The summed E-state index contributed by atoms with van der Waals surface area (Å²) in [7, 11) is 0. The molecule has 3 nitrogen and oxygen atoms in total. The van der Waals surface area contributed by atoms with Crippen LogP contribution in [0.1, 0.15) is 25.5 Å². The van der Waals surface area contributed by atoms with Crippen molar-refractivity contribution < 1.29 is 4.79 Å². The normalized spacial score (nSPS) is 24.8. The third kappa shape index (κ3) is 2.93. The van der Waals surface area contributed by atoms with E-state index in [1.165, 1.54) is 0 Å². The molecule has 18 heavy (non-hydrogen) atoms. The number of carbonyl (C=O) groups excluding carboxylic acids is 1. The maximum absolute atomic E-state index is 12.2. The first kappa shape index (κ1) is 13.6. The molecule has 1 aromatic carbocycles. The van der Waals surface area contributed by atoms with Gasteiger partial charge in [0.1, 0.15) is 0 Å². The van der Waals surface area contributed by atoms with Crippen LogP contribution in [-0.2, 0) is 4.79 Å². The third-order valence-corrected chi connectivity index (χ3v) is 4.31. The average Bonchev–Trinajstić information content (AvgIpc) is 2.76. The van der Waals surface area contributed by atoms with Gasteiger partial charge in [-0.05, 0) is 31.0 Å². The van der Waals surface area contributed by atoms with Crippen LogP contribution in [0.25, 0.3) is 0 Å². The van der Waals surface area contributed by atoms with Crippen LogP contribution >= 0.6 is 15.9 Å². The summed E-state index contributed by atoms with van der Waals surface area (Å²) >= 11 is 3.52. The van der Waals surface area contributed by atoms with Gasteiger partial charge in [-0.15, -0.1) is 0 Å². The predicted molar refractivity (Wildman–Crippen MR) is 76.2 cm³/mol. The smallest absolute Gasteiger partial charge is 0.225 e. The molecule has 1 heterocycles. The fourth-order valence-electron chi connectivity index (χ4n) is 2.39. The summed E-state index contributed by atoms with van der Waals surface area (Å²) in [5, 5.41) is 6.36. The lowest BCUT2D eigenvalue weighted by Crippen LogP contribution is -2.36. The standard InChI is InChI=1S/C14H19BrN2O/c1-9-7-16-8-12(9)14(18)17-10(2)11-5-3-4-6-13(11)15/h3-6,9-10,12,16H,7-8H2,1-2H3,(H,17,18)/t9?,10-,12?/m0/s1. The van der Waals surface area contributed by atoms with Crippen LogP contribution in [0, 0.1) is 11.8 Å². The van der Waals surface area contributed by atoms with Crippen molar-refractivity contribution in [3.05, 3.63) is 34.3 Å².